The van der Waals surface area contributed by atoms with Crippen LogP contribution in [0.15, 0.2) is 84.9 Å². The Morgan fingerprint density at radius 1 is 0.512 bits per heavy atom. The zero-order valence-corrected chi connectivity index (χ0v) is 23.4. The molecule has 4 aromatic carbocycles. The summed E-state index contributed by atoms with van der Waals surface area (Å²) in [6.45, 7) is 0. The van der Waals surface area contributed by atoms with E-state index in [1.165, 1.54) is 58.3 Å². The minimum atomic E-state index is -4.41. The zero-order valence-electron chi connectivity index (χ0n) is 21.6. The van der Waals surface area contributed by atoms with Crippen molar-refractivity contribution < 1.29 is 38.3 Å². The Morgan fingerprint density at radius 3 is 1.17 bits per heavy atom. The van der Waals surface area contributed by atoms with Crippen molar-refractivity contribution in [3.8, 4) is 0 Å². The van der Waals surface area contributed by atoms with E-state index in [-0.39, 0.29) is 10.6 Å². The Hall–Kier alpha value is -3.88. The highest BCUT2D eigenvalue weighted by molar-refractivity contribution is 7.60. The average molecular weight is 592 g/mol. The highest BCUT2D eigenvalue weighted by Crippen LogP contribution is 2.37. The van der Waals surface area contributed by atoms with Gasteiger partial charge in [0.25, 0.3) is 0 Å². The highest BCUT2D eigenvalue weighted by Gasteiger charge is 2.21. The number of aryl methyl sites for hydroxylation is 2. The molecule has 0 atom stereocenters. The topological polar surface area (TPSA) is 156 Å². The van der Waals surface area contributed by atoms with Crippen LogP contribution in [0.4, 0.5) is 22.7 Å². The van der Waals surface area contributed by atoms with Gasteiger partial charge in [0.1, 0.15) is 0 Å². The van der Waals surface area contributed by atoms with Crippen LogP contribution in [-0.4, -0.2) is 32.4 Å². The second-order valence-electron chi connectivity index (χ2n) is 9.65. The third-order valence-electron chi connectivity index (χ3n) is 7.12. The summed E-state index contributed by atoms with van der Waals surface area (Å²) >= 11 is 0. The Bertz CT molecular complexity index is 1590. The van der Waals surface area contributed by atoms with Crippen LogP contribution in [0.25, 0.3) is 0 Å². The minimum absolute atomic E-state index is 0.136. The first kappa shape index (κ1) is 28.6. The number of hydrogen-bond donors (Lipinski definition) is 4. The molecular weight excluding hydrogens is 566 g/mol. The fourth-order valence-electron chi connectivity index (χ4n) is 4.97. The molecule has 10 nitrogen and oxygen atoms in total. The van der Waals surface area contributed by atoms with Crippen LogP contribution in [0.3, 0.4) is 0 Å². The van der Waals surface area contributed by atoms with Gasteiger partial charge in [-0.2, -0.15) is 0 Å². The SMILES string of the molecule is O=CN(c1ccc(P(=O)(O)O)cc1)c1ccc2c(c1)Cc1cc(N(C=O)c3ccc(P(=O)(O)O)cc3)ccc1CC2. The summed E-state index contributed by atoms with van der Waals surface area (Å²) < 4.78 is 23.0. The number of fused-ring (bicyclic) bond motifs is 2. The quantitative estimate of drug-likeness (QED) is 0.179. The molecule has 5 rings (SSSR count). The molecule has 0 aromatic heterocycles. The summed E-state index contributed by atoms with van der Waals surface area (Å²) in [5.41, 5.74) is 6.36. The molecule has 2 amide bonds. The lowest BCUT2D eigenvalue weighted by atomic mass is 9.98. The van der Waals surface area contributed by atoms with Crippen LogP contribution in [-0.2, 0) is 38.0 Å². The van der Waals surface area contributed by atoms with E-state index in [9.17, 15) is 38.3 Å². The Kier molecular flexibility index (Phi) is 7.81. The van der Waals surface area contributed by atoms with Crippen LogP contribution in [0.1, 0.15) is 22.3 Å². The summed E-state index contributed by atoms with van der Waals surface area (Å²) in [4.78, 5) is 64.5. The number of rotatable bonds is 8. The van der Waals surface area contributed by atoms with Gasteiger partial charge in [0.15, 0.2) is 0 Å². The number of amides is 2. The predicted molar refractivity (Wildman–Crippen MR) is 156 cm³/mol. The maximum absolute atomic E-state index is 12.1. The van der Waals surface area contributed by atoms with Gasteiger partial charge in [-0.15, -0.1) is 0 Å². The molecule has 0 bridgehead atoms. The van der Waals surface area contributed by atoms with Crippen molar-refractivity contribution in [1.29, 1.82) is 0 Å². The molecule has 1 aliphatic rings. The van der Waals surface area contributed by atoms with E-state index in [4.69, 9.17) is 0 Å². The molecule has 0 heterocycles. The number of carbonyl (C=O) groups excluding carboxylic acids is 2. The normalized spacial score (nSPS) is 13.0. The molecule has 0 spiro atoms. The first-order valence-corrected chi connectivity index (χ1v) is 15.8. The summed E-state index contributed by atoms with van der Waals surface area (Å²) in [6.07, 6.45) is 3.40. The number of carbonyl (C=O) groups is 2. The molecule has 0 radical (unpaired) electrons. The molecule has 0 saturated carbocycles. The highest BCUT2D eigenvalue weighted by atomic mass is 31.2. The Morgan fingerprint density at radius 2 is 0.854 bits per heavy atom. The van der Waals surface area contributed by atoms with Gasteiger partial charge in [-0.1, -0.05) is 12.1 Å². The van der Waals surface area contributed by atoms with Crippen molar-refractivity contribution >= 4 is 61.4 Å². The van der Waals surface area contributed by atoms with E-state index in [1.54, 1.807) is 0 Å². The largest absolute Gasteiger partial charge is 0.356 e. The second-order valence-corrected chi connectivity index (χ2v) is 12.9. The van der Waals surface area contributed by atoms with E-state index in [1.807, 2.05) is 36.4 Å². The molecule has 1 aliphatic carbocycles. The zero-order chi connectivity index (χ0) is 29.4. The van der Waals surface area contributed by atoms with Crippen LogP contribution >= 0.6 is 15.2 Å². The van der Waals surface area contributed by atoms with Gasteiger partial charge >= 0.3 is 15.2 Å². The first-order chi connectivity index (χ1) is 19.5. The minimum Gasteiger partial charge on any atom is -0.321 e. The van der Waals surface area contributed by atoms with E-state index in [0.29, 0.717) is 42.0 Å². The van der Waals surface area contributed by atoms with Crippen LogP contribution < -0.4 is 20.4 Å². The summed E-state index contributed by atoms with van der Waals surface area (Å²) in [5.74, 6) is 0. The van der Waals surface area contributed by atoms with Crippen LogP contribution in [0, 0.1) is 0 Å². The van der Waals surface area contributed by atoms with E-state index in [0.717, 1.165) is 35.1 Å². The van der Waals surface area contributed by atoms with Gasteiger partial charge in [0, 0.05) is 22.7 Å². The van der Waals surface area contributed by atoms with Crippen molar-refractivity contribution in [3.05, 3.63) is 107 Å². The van der Waals surface area contributed by atoms with Gasteiger partial charge in [0.05, 0.1) is 10.6 Å². The third-order valence-corrected chi connectivity index (χ3v) is 9.06. The van der Waals surface area contributed by atoms with Crippen molar-refractivity contribution in [2.24, 2.45) is 0 Å². The molecule has 0 saturated heterocycles. The lowest BCUT2D eigenvalue weighted by Gasteiger charge is -2.21. The van der Waals surface area contributed by atoms with E-state index >= 15 is 0 Å². The molecule has 0 aliphatic heterocycles. The van der Waals surface area contributed by atoms with E-state index < -0.39 is 15.2 Å². The molecular formula is C29H26N2O8P2. The predicted octanol–water partition coefficient (Wildman–Crippen LogP) is 3.57. The second kappa shape index (κ2) is 11.2. The molecule has 41 heavy (non-hydrogen) atoms. The van der Waals surface area contributed by atoms with Crippen molar-refractivity contribution in [2.45, 2.75) is 19.3 Å². The van der Waals surface area contributed by atoms with Gasteiger partial charge in [0.2, 0.25) is 12.8 Å². The summed E-state index contributed by atoms with van der Waals surface area (Å²) in [7, 11) is -8.81. The van der Waals surface area contributed by atoms with Gasteiger partial charge in [-0.25, -0.2) is 0 Å². The lowest BCUT2D eigenvalue weighted by Crippen LogP contribution is -2.16. The van der Waals surface area contributed by atoms with Crippen molar-refractivity contribution in [3.63, 3.8) is 0 Å². The molecule has 0 unspecified atom stereocenters. The summed E-state index contributed by atoms with van der Waals surface area (Å²) in [5, 5.41) is -0.271. The van der Waals surface area contributed by atoms with Crippen LogP contribution in [0.5, 0.6) is 0 Å². The smallest absolute Gasteiger partial charge is 0.321 e. The van der Waals surface area contributed by atoms with Gasteiger partial charge in [-0.05, 0) is 114 Å². The van der Waals surface area contributed by atoms with Gasteiger partial charge < -0.3 is 19.6 Å². The fourth-order valence-corrected chi connectivity index (χ4v) is 6.05. The fraction of sp³-hybridized carbons (Fsp3) is 0.103. The third kappa shape index (κ3) is 6.09. The van der Waals surface area contributed by atoms with Crippen LogP contribution in [0.2, 0.25) is 0 Å². The van der Waals surface area contributed by atoms with E-state index in [2.05, 4.69) is 0 Å². The number of benzene rings is 4. The first-order valence-electron chi connectivity index (χ1n) is 12.5. The van der Waals surface area contributed by atoms with Crippen molar-refractivity contribution in [1.82, 2.24) is 0 Å². The molecule has 4 aromatic rings. The molecule has 4 N–H and O–H groups in total. The average Bonchev–Trinajstić information content (AvgIpc) is 3.12. The molecule has 210 valence electrons. The molecule has 12 heteroatoms. The summed E-state index contributed by atoms with van der Waals surface area (Å²) in [6, 6.07) is 22.6. The number of anilines is 4. The Labute approximate surface area is 235 Å². The standard InChI is InChI=1S/C29H26N2O8P2/c32-18-30(24-7-11-28(12-8-24)40(34,35)36)26-5-3-20-1-2-21-4-6-27(17-23(21)15-22(20)16-26)31(19-33)25-9-13-29(14-10-25)41(37,38)39/h3-14,16-19H,1-2,15H2,(H2,34,35,36)(H2,37,38,39). The number of hydrogen-bond acceptors (Lipinski definition) is 4. The lowest BCUT2D eigenvalue weighted by molar-refractivity contribution is -0.107. The molecule has 0 fully saturated rings. The maximum Gasteiger partial charge on any atom is 0.356 e. The maximum atomic E-state index is 12.1. The van der Waals surface area contributed by atoms with Crippen molar-refractivity contribution in [2.75, 3.05) is 9.80 Å². The van der Waals surface area contributed by atoms with Gasteiger partial charge in [-0.3, -0.25) is 28.5 Å². The number of nitrogens with zero attached hydrogens (tertiary/aromatic N) is 2. The Balaban J connectivity index is 1.45. The monoisotopic (exact) mass is 592 g/mol.